The van der Waals surface area contributed by atoms with E-state index in [1.807, 2.05) is 30.2 Å². The van der Waals surface area contributed by atoms with Crippen LogP contribution in [0.5, 0.6) is 5.75 Å². The summed E-state index contributed by atoms with van der Waals surface area (Å²) in [6, 6.07) is 25.3. The molecule has 0 aromatic heterocycles. The van der Waals surface area contributed by atoms with Crippen LogP contribution in [-0.2, 0) is 4.79 Å². The van der Waals surface area contributed by atoms with E-state index >= 15 is 0 Å². The molecule has 144 valence electrons. The molecule has 0 radical (unpaired) electrons. The summed E-state index contributed by atoms with van der Waals surface area (Å²) in [7, 11) is 1.69. The van der Waals surface area contributed by atoms with Crippen LogP contribution in [-0.4, -0.2) is 13.1 Å². The molecule has 0 N–H and O–H groups in total. The first kappa shape index (κ1) is 18.2. The average Bonchev–Trinajstić information content (AvgIpc) is 2.82. The molecule has 0 bridgehead atoms. The van der Waals surface area contributed by atoms with Gasteiger partial charge in [0.15, 0.2) is 0 Å². The normalized spacial score (nSPS) is 13.4. The van der Waals surface area contributed by atoms with E-state index in [4.69, 9.17) is 4.74 Å². The Morgan fingerprint density at radius 3 is 1.77 bits per heavy atom. The van der Waals surface area contributed by atoms with Gasteiger partial charge in [0, 0.05) is 12.0 Å². The summed E-state index contributed by atoms with van der Waals surface area (Å²) in [5, 5.41) is 4.83. The highest BCUT2D eigenvalue weighted by molar-refractivity contribution is 6.19. The molecule has 2 nitrogen and oxygen atoms in total. The van der Waals surface area contributed by atoms with Gasteiger partial charge in [-0.2, -0.15) is 0 Å². The van der Waals surface area contributed by atoms with Crippen molar-refractivity contribution in [3.05, 3.63) is 102 Å². The summed E-state index contributed by atoms with van der Waals surface area (Å²) in [6.07, 6.45) is 6.65. The summed E-state index contributed by atoms with van der Waals surface area (Å²) >= 11 is 0. The average molecular weight is 388 g/mol. The standard InChI is InChI=1S/C28H20O2/c1-30-22-16-14-21(15-17-22)28-25-8-4-2-6-23(25)27(24-7-3-5-9-26(24)28)20-12-10-19(18-29)11-13-20/h2-10,12-17H,11H2,1H3. The molecule has 1 aliphatic rings. The van der Waals surface area contributed by atoms with Crippen molar-refractivity contribution in [1.29, 1.82) is 0 Å². The molecule has 4 aromatic carbocycles. The topological polar surface area (TPSA) is 26.3 Å². The van der Waals surface area contributed by atoms with E-state index in [-0.39, 0.29) is 0 Å². The van der Waals surface area contributed by atoms with Gasteiger partial charge in [0.25, 0.3) is 0 Å². The van der Waals surface area contributed by atoms with Crippen LogP contribution in [0.25, 0.3) is 38.2 Å². The van der Waals surface area contributed by atoms with Gasteiger partial charge < -0.3 is 4.74 Å². The zero-order valence-corrected chi connectivity index (χ0v) is 16.7. The first-order chi connectivity index (χ1) is 14.8. The Labute approximate surface area is 175 Å². The largest absolute Gasteiger partial charge is 0.497 e. The minimum atomic E-state index is 0.609. The Hall–Kier alpha value is -3.87. The Morgan fingerprint density at radius 2 is 1.30 bits per heavy atom. The molecule has 1 aliphatic carbocycles. The molecule has 0 fully saturated rings. The number of benzene rings is 4. The zero-order chi connectivity index (χ0) is 20.5. The minimum Gasteiger partial charge on any atom is -0.497 e. The molecule has 0 unspecified atom stereocenters. The number of hydrogen-bond donors (Lipinski definition) is 0. The van der Waals surface area contributed by atoms with E-state index in [2.05, 4.69) is 66.7 Å². The molecular weight excluding hydrogens is 368 g/mol. The second-order valence-corrected chi connectivity index (χ2v) is 7.39. The maximum absolute atomic E-state index is 11.0. The number of hydrogen-bond acceptors (Lipinski definition) is 2. The van der Waals surface area contributed by atoms with Crippen LogP contribution >= 0.6 is 0 Å². The Kier molecular flexibility index (Phi) is 4.55. The van der Waals surface area contributed by atoms with Gasteiger partial charge in [0.1, 0.15) is 11.7 Å². The molecular formula is C28H20O2. The lowest BCUT2D eigenvalue weighted by atomic mass is 9.84. The SMILES string of the molecule is COc1ccc(-c2c3ccccc3c(C3=CCC(=C=O)C=C3)c3ccccc23)cc1. The smallest absolute Gasteiger partial charge is 0.128 e. The monoisotopic (exact) mass is 388 g/mol. The molecule has 0 amide bonds. The third-order valence-corrected chi connectivity index (χ3v) is 5.74. The van der Waals surface area contributed by atoms with Gasteiger partial charge in [-0.3, -0.25) is 0 Å². The van der Waals surface area contributed by atoms with E-state index < -0.39 is 0 Å². The van der Waals surface area contributed by atoms with Gasteiger partial charge in [0.05, 0.1) is 7.11 Å². The lowest BCUT2D eigenvalue weighted by molar-refractivity contribution is 0.415. The van der Waals surface area contributed by atoms with Crippen molar-refractivity contribution in [2.45, 2.75) is 6.42 Å². The van der Waals surface area contributed by atoms with Crippen LogP contribution in [0, 0.1) is 0 Å². The van der Waals surface area contributed by atoms with Crippen molar-refractivity contribution in [3.63, 3.8) is 0 Å². The second-order valence-electron chi connectivity index (χ2n) is 7.39. The van der Waals surface area contributed by atoms with Crippen molar-refractivity contribution >= 4 is 33.1 Å². The number of carbonyl (C=O) groups excluding carboxylic acids is 1. The van der Waals surface area contributed by atoms with Crippen LogP contribution in [0.2, 0.25) is 0 Å². The van der Waals surface area contributed by atoms with Gasteiger partial charge >= 0.3 is 0 Å². The Bertz CT molecular complexity index is 1320. The van der Waals surface area contributed by atoms with E-state index in [1.165, 1.54) is 32.7 Å². The lowest BCUT2D eigenvalue weighted by Gasteiger charge is -2.19. The van der Waals surface area contributed by atoms with Gasteiger partial charge in [-0.25, -0.2) is 4.79 Å². The quantitative estimate of drug-likeness (QED) is 0.286. The number of allylic oxidation sites excluding steroid dienone is 5. The fourth-order valence-corrected chi connectivity index (χ4v) is 4.32. The summed E-state index contributed by atoms with van der Waals surface area (Å²) in [4.78, 5) is 11.0. The van der Waals surface area contributed by atoms with Crippen molar-refractivity contribution in [2.75, 3.05) is 7.11 Å². The Morgan fingerprint density at radius 1 is 0.733 bits per heavy atom. The highest BCUT2D eigenvalue weighted by atomic mass is 16.5. The van der Waals surface area contributed by atoms with E-state index in [0.29, 0.717) is 12.0 Å². The van der Waals surface area contributed by atoms with Gasteiger partial charge in [0.2, 0.25) is 0 Å². The van der Waals surface area contributed by atoms with Crippen LogP contribution < -0.4 is 4.74 Å². The summed E-state index contributed by atoms with van der Waals surface area (Å²) in [5.74, 6) is 2.86. The number of ether oxygens (including phenoxy) is 1. The zero-order valence-electron chi connectivity index (χ0n) is 16.7. The second kappa shape index (κ2) is 7.51. The molecule has 5 rings (SSSR count). The highest BCUT2D eigenvalue weighted by Crippen LogP contribution is 2.42. The fourth-order valence-electron chi connectivity index (χ4n) is 4.32. The predicted molar refractivity (Wildman–Crippen MR) is 124 cm³/mol. The maximum atomic E-state index is 11.0. The molecule has 0 saturated carbocycles. The molecule has 4 aromatic rings. The molecule has 0 heterocycles. The van der Waals surface area contributed by atoms with E-state index in [1.54, 1.807) is 7.11 Å². The minimum absolute atomic E-state index is 0.609. The Balaban J connectivity index is 1.86. The first-order valence-electron chi connectivity index (χ1n) is 10.0. The number of rotatable bonds is 3. The fraction of sp³-hybridized carbons (Fsp3) is 0.0714. The highest BCUT2D eigenvalue weighted by Gasteiger charge is 2.17. The third-order valence-electron chi connectivity index (χ3n) is 5.74. The first-order valence-corrected chi connectivity index (χ1v) is 10.0. The molecule has 0 spiro atoms. The number of methoxy groups -OCH3 is 1. The molecule has 2 heteroatoms. The third kappa shape index (κ3) is 2.95. The lowest BCUT2D eigenvalue weighted by Crippen LogP contribution is -1.95. The van der Waals surface area contributed by atoms with Crippen LogP contribution in [0.1, 0.15) is 12.0 Å². The van der Waals surface area contributed by atoms with Crippen molar-refractivity contribution in [1.82, 2.24) is 0 Å². The molecule has 0 saturated heterocycles. The molecule has 0 atom stereocenters. The van der Waals surface area contributed by atoms with E-state index in [0.717, 1.165) is 16.9 Å². The van der Waals surface area contributed by atoms with Crippen molar-refractivity contribution in [2.24, 2.45) is 0 Å². The molecule has 0 aliphatic heterocycles. The maximum Gasteiger partial charge on any atom is 0.128 e. The van der Waals surface area contributed by atoms with Gasteiger partial charge in [-0.05, 0) is 62.0 Å². The predicted octanol–water partition coefficient (Wildman–Crippen LogP) is 6.77. The summed E-state index contributed by atoms with van der Waals surface area (Å²) in [6.45, 7) is 0. The van der Waals surface area contributed by atoms with Crippen LogP contribution in [0.4, 0.5) is 0 Å². The van der Waals surface area contributed by atoms with Crippen LogP contribution in [0.3, 0.4) is 0 Å². The van der Waals surface area contributed by atoms with Gasteiger partial charge in [-0.15, -0.1) is 0 Å². The van der Waals surface area contributed by atoms with Crippen molar-refractivity contribution < 1.29 is 9.53 Å². The van der Waals surface area contributed by atoms with E-state index in [9.17, 15) is 4.79 Å². The number of fused-ring (bicyclic) bond motifs is 2. The summed E-state index contributed by atoms with van der Waals surface area (Å²) < 4.78 is 5.35. The van der Waals surface area contributed by atoms with Crippen molar-refractivity contribution in [3.8, 4) is 16.9 Å². The molecule has 30 heavy (non-hydrogen) atoms. The van der Waals surface area contributed by atoms with Gasteiger partial charge in [-0.1, -0.05) is 72.8 Å². The summed E-state index contributed by atoms with van der Waals surface area (Å²) in [5.41, 5.74) is 5.42. The van der Waals surface area contributed by atoms with Crippen LogP contribution in [0.15, 0.2) is 96.6 Å².